The first kappa shape index (κ1) is 14.1. The van der Waals surface area contributed by atoms with E-state index < -0.39 is 0 Å². The van der Waals surface area contributed by atoms with Gasteiger partial charge >= 0.3 is 0 Å². The molecule has 0 spiro atoms. The predicted molar refractivity (Wildman–Crippen MR) is 86.0 cm³/mol. The van der Waals surface area contributed by atoms with Crippen molar-refractivity contribution in [1.29, 1.82) is 0 Å². The second-order valence-electron chi connectivity index (χ2n) is 8.01. The lowest BCUT2D eigenvalue weighted by molar-refractivity contribution is 0.224. The molecular formula is C19H29N. The van der Waals surface area contributed by atoms with E-state index in [2.05, 4.69) is 45.0 Å². The largest absolute Gasteiger partial charge is 0.327 e. The molecule has 0 amide bonds. The Balaban J connectivity index is 1.71. The summed E-state index contributed by atoms with van der Waals surface area (Å²) >= 11 is 0. The maximum atomic E-state index is 6.18. The Morgan fingerprint density at radius 1 is 1.00 bits per heavy atom. The van der Waals surface area contributed by atoms with Crippen molar-refractivity contribution < 1.29 is 0 Å². The van der Waals surface area contributed by atoms with Crippen molar-refractivity contribution in [3.05, 3.63) is 35.4 Å². The van der Waals surface area contributed by atoms with Gasteiger partial charge in [-0.1, -0.05) is 38.1 Å². The van der Waals surface area contributed by atoms with Crippen LogP contribution in [-0.2, 0) is 5.41 Å². The minimum absolute atomic E-state index is 0.281. The molecule has 1 aromatic rings. The molecule has 2 saturated carbocycles. The van der Waals surface area contributed by atoms with Crippen LogP contribution in [0.2, 0.25) is 0 Å². The second kappa shape index (κ2) is 4.87. The first-order chi connectivity index (χ1) is 9.43. The van der Waals surface area contributed by atoms with E-state index in [9.17, 15) is 0 Å². The zero-order valence-electron chi connectivity index (χ0n) is 13.3. The minimum atomic E-state index is 0.281. The normalized spacial score (nSPS) is 26.2. The Hall–Kier alpha value is -0.820. The average molecular weight is 271 g/mol. The highest BCUT2D eigenvalue weighted by molar-refractivity contribution is 5.36. The molecule has 0 heterocycles. The number of hydrogen-bond donors (Lipinski definition) is 1. The highest BCUT2D eigenvalue weighted by Crippen LogP contribution is 2.50. The van der Waals surface area contributed by atoms with Crippen LogP contribution in [0.25, 0.3) is 0 Å². The van der Waals surface area contributed by atoms with Gasteiger partial charge in [0.25, 0.3) is 0 Å². The van der Waals surface area contributed by atoms with Crippen LogP contribution >= 0.6 is 0 Å². The lowest BCUT2D eigenvalue weighted by Crippen LogP contribution is -2.31. The van der Waals surface area contributed by atoms with Gasteiger partial charge in [0.15, 0.2) is 0 Å². The van der Waals surface area contributed by atoms with Crippen molar-refractivity contribution in [2.75, 3.05) is 0 Å². The fraction of sp³-hybridized carbons (Fsp3) is 0.684. The van der Waals surface area contributed by atoms with Gasteiger partial charge in [0.05, 0.1) is 0 Å². The topological polar surface area (TPSA) is 26.0 Å². The molecule has 1 aromatic carbocycles. The van der Waals surface area contributed by atoms with Crippen LogP contribution in [0.4, 0.5) is 0 Å². The van der Waals surface area contributed by atoms with E-state index >= 15 is 0 Å². The predicted octanol–water partition coefficient (Wildman–Crippen LogP) is 4.75. The van der Waals surface area contributed by atoms with Gasteiger partial charge in [0.2, 0.25) is 0 Å². The first-order valence-electron chi connectivity index (χ1n) is 8.29. The third-order valence-corrected chi connectivity index (χ3v) is 5.96. The molecule has 0 radical (unpaired) electrons. The highest BCUT2D eigenvalue weighted by atomic mass is 14.7. The molecule has 0 bridgehead atoms. The molecule has 0 aromatic heterocycles. The van der Waals surface area contributed by atoms with Gasteiger partial charge in [0, 0.05) is 11.5 Å². The molecule has 2 aliphatic carbocycles. The molecule has 20 heavy (non-hydrogen) atoms. The van der Waals surface area contributed by atoms with Gasteiger partial charge in [0.1, 0.15) is 0 Å². The van der Waals surface area contributed by atoms with E-state index in [1.165, 1.54) is 44.1 Å². The molecule has 1 atom stereocenters. The maximum absolute atomic E-state index is 6.18. The fourth-order valence-electron chi connectivity index (χ4n) is 3.96. The summed E-state index contributed by atoms with van der Waals surface area (Å²) in [5.74, 6) is 0.780. The molecule has 3 rings (SSSR count). The molecule has 1 heteroatoms. The monoisotopic (exact) mass is 271 g/mol. The smallest absolute Gasteiger partial charge is 0.0108 e. The summed E-state index contributed by atoms with van der Waals surface area (Å²) in [5.41, 5.74) is 10.0. The van der Waals surface area contributed by atoms with E-state index in [0.717, 1.165) is 5.92 Å². The molecule has 2 aliphatic rings. The molecule has 0 saturated heterocycles. The summed E-state index contributed by atoms with van der Waals surface area (Å²) in [6.45, 7) is 6.97. The summed E-state index contributed by atoms with van der Waals surface area (Å²) in [5, 5.41) is 0. The van der Waals surface area contributed by atoms with Gasteiger partial charge in [-0.25, -0.2) is 0 Å². The van der Waals surface area contributed by atoms with Crippen LogP contribution in [0.3, 0.4) is 0 Å². The van der Waals surface area contributed by atoms with Crippen molar-refractivity contribution in [1.82, 2.24) is 0 Å². The SMILES string of the molecule is CC(N)C1(c2ccc(C3CCC(C)(C)CC3)cc2)CC1. The zero-order chi connectivity index (χ0) is 14.4. The summed E-state index contributed by atoms with van der Waals surface area (Å²) in [7, 11) is 0. The zero-order valence-corrected chi connectivity index (χ0v) is 13.3. The molecule has 0 aliphatic heterocycles. The van der Waals surface area contributed by atoms with Crippen LogP contribution in [0.5, 0.6) is 0 Å². The van der Waals surface area contributed by atoms with Crippen molar-refractivity contribution in [2.45, 2.75) is 76.7 Å². The molecule has 2 fully saturated rings. The summed E-state index contributed by atoms with van der Waals surface area (Å²) < 4.78 is 0. The Kier molecular flexibility index (Phi) is 3.44. The van der Waals surface area contributed by atoms with E-state index in [4.69, 9.17) is 5.73 Å². The Morgan fingerprint density at radius 2 is 1.55 bits per heavy atom. The second-order valence-corrected chi connectivity index (χ2v) is 8.01. The maximum Gasteiger partial charge on any atom is 0.0108 e. The molecular weight excluding hydrogens is 242 g/mol. The summed E-state index contributed by atoms with van der Waals surface area (Å²) in [6, 6.07) is 9.74. The number of hydrogen-bond acceptors (Lipinski definition) is 1. The van der Waals surface area contributed by atoms with E-state index in [-0.39, 0.29) is 6.04 Å². The van der Waals surface area contributed by atoms with Gasteiger partial charge in [-0.3, -0.25) is 0 Å². The standard InChI is InChI=1S/C19H29N/c1-14(20)19(12-13-19)17-6-4-15(5-7-17)16-8-10-18(2,3)11-9-16/h4-7,14,16H,8-13,20H2,1-3H3. The average Bonchev–Trinajstić information content (AvgIpc) is 3.20. The van der Waals surface area contributed by atoms with E-state index in [1.807, 2.05) is 0 Å². The summed E-state index contributed by atoms with van der Waals surface area (Å²) in [6.07, 6.45) is 7.96. The Labute approximate surface area is 124 Å². The third-order valence-electron chi connectivity index (χ3n) is 5.96. The molecule has 2 N–H and O–H groups in total. The van der Waals surface area contributed by atoms with Crippen LogP contribution < -0.4 is 5.73 Å². The van der Waals surface area contributed by atoms with Crippen LogP contribution in [0, 0.1) is 5.41 Å². The van der Waals surface area contributed by atoms with Gasteiger partial charge in [-0.05, 0) is 67.9 Å². The lowest BCUT2D eigenvalue weighted by Gasteiger charge is -2.34. The Morgan fingerprint density at radius 3 is 2.00 bits per heavy atom. The van der Waals surface area contributed by atoms with Gasteiger partial charge in [-0.15, -0.1) is 0 Å². The molecule has 110 valence electrons. The van der Waals surface area contributed by atoms with E-state index in [0.29, 0.717) is 10.8 Å². The number of benzene rings is 1. The van der Waals surface area contributed by atoms with Crippen LogP contribution in [0.15, 0.2) is 24.3 Å². The summed E-state index contributed by atoms with van der Waals surface area (Å²) in [4.78, 5) is 0. The van der Waals surface area contributed by atoms with Crippen molar-refractivity contribution in [3.63, 3.8) is 0 Å². The van der Waals surface area contributed by atoms with E-state index in [1.54, 1.807) is 5.56 Å². The number of rotatable bonds is 3. The Bertz CT molecular complexity index is 455. The van der Waals surface area contributed by atoms with Crippen LogP contribution in [0.1, 0.15) is 76.3 Å². The van der Waals surface area contributed by atoms with Gasteiger partial charge < -0.3 is 5.73 Å². The van der Waals surface area contributed by atoms with Gasteiger partial charge in [-0.2, -0.15) is 0 Å². The first-order valence-corrected chi connectivity index (χ1v) is 8.29. The fourth-order valence-corrected chi connectivity index (χ4v) is 3.96. The third kappa shape index (κ3) is 2.53. The molecule has 1 unspecified atom stereocenters. The minimum Gasteiger partial charge on any atom is -0.327 e. The number of nitrogens with two attached hydrogens (primary N) is 1. The highest BCUT2D eigenvalue weighted by Gasteiger charge is 2.47. The van der Waals surface area contributed by atoms with Crippen LogP contribution in [-0.4, -0.2) is 6.04 Å². The molecule has 1 nitrogen and oxygen atoms in total. The lowest BCUT2D eigenvalue weighted by atomic mass is 9.71. The van der Waals surface area contributed by atoms with Crippen molar-refractivity contribution in [3.8, 4) is 0 Å². The van der Waals surface area contributed by atoms with Crippen molar-refractivity contribution >= 4 is 0 Å². The quantitative estimate of drug-likeness (QED) is 0.843. The van der Waals surface area contributed by atoms with Crippen molar-refractivity contribution in [2.24, 2.45) is 11.1 Å².